The predicted octanol–water partition coefficient (Wildman–Crippen LogP) is 3.89. The van der Waals surface area contributed by atoms with Gasteiger partial charge in [0.25, 0.3) is 5.78 Å². The molecule has 0 N–H and O–H groups in total. The van der Waals surface area contributed by atoms with Crippen LogP contribution < -0.4 is 4.74 Å². The van der Waals surface area contributed by atoms with Crippen LogP contribution in [0.2, 0.25) is 5.02 Å². The van der Waals surface area contributed by atoms with Crippen molar-refractivity contribution in [2.75, 3.05) is 0 Å². The van der Waals surface area contributed by atoms with Crippen LogP contribution in [0.3, 0.4) is 0 Å². The highest BCUT2D eigenvalue weighted by Gasteiger charge is 2.11. The van der Waals surface area contributed by atoms with Gasteiger partial charge in [0.2, 0.25) is 5.88 Å². The van der Waals surface area contributed by atoms with Crippen molar-refractivity contribution in [3.05, 3.63) is 45.8 Å². The molecule has 2 aromatic heterocycles. The molecule has 3 rings (SSSR count). The second-order valence-electron chi connectivity index (χ2n) is 4.09. The van der Waals surface area contributed by atoms with Crippen molar-refractivity contribution in [1.82, 2.24) is 19.6 Å². The highest BCUT2D eigenvalue weighted by Crippen LogP contribution is 2.32. The molecule has 0 atom stereocenters. The van der Waals surface area contributed by atoms with Crippen molar-refractivity contribution in [1.29, 1.82) is 0 Å². The smallest absolute Gasteiger partial charge is 0.255 e. The van der Waals surface area contributed by atoms with E-state index in [1.54, 1.807) is 12.1 Å². The van der Waals surface area contributed by atoms with Gasteiger partial charge in [0.1, 0.15) is 12.1 Å². The summed E-state index contributed by atoms with van der Waals surface area (Å²) in [7, 11) is 0. The lowest BCUT2D eigenvalue weighted by Crippen LogP contribution is -2.01. The Hall–Kier alpha value is -1.66. The summed E-state index contributed by atoms with van der Waals surface area (Å²) in [6.45, 7) is 2.02. The van der Waals surface area contributed by atoms with E-state index in [1.807, 2.05) is 19.1 Å². The van der Waals surface area contributed by atoms with E-state index in [2.05, 4.69) is 31.0 Å². The van der Waals surface area contributed by atoms with Crippen molar-refractivity contribution < 1.29 is 4.74 Å². The van der Waals surface area contributed by atoms with Gasteiger partial charge in [-0.15, -0.1) is 0 Å². The molecule has 0 fully saturated rings. The fourth-order valence-electron chi connectivity index (χ4n) is 1.75. The van der Waals surface area contributed by atoms with E-state index < -0.39 is 0 Å². The van der Waals surface area contributed by atoms with Crippen LogP contribution in [0, 0.1) is 0 Å². The first-order valence-corrected chi connectivity index (χ1v) is 7.17. The number of aryl methyl sites for hydroxylation is 1. The van der Waals surface area contributed by atoms with Crippen molar-refractivity contribution in [2.24, 2.45) is 0 Å². The zero-order valence-corrected chi connectivity index (χ0v) is 12.9. The third-order valence-electron chi connectivity index (χ3n) is 2.74. The molecule has 2 heterocycles. The summed E-state index contributed by atoms with van der Waals surface area (Å²) in [6, 6.07) is 7.25. The molecular formula is C13H10BrClN4O. The molecule has 0 spiro atoms. The molecule has 20 heavy (non-hydrogen) atoms. The van der Waals surface area contributed by atoms with E-state index in [9.17, 15) is 0 Å². The molecule has 0 bridgehead atoms. The maximum atomic E-state index is 6.14. The van der Waals surface area contributed by atoms with Gasteiger partial charge in [-0.1, -0.05) is 34.5 Å². The SMILES string of the molecule is CCc1cc(Oc2cc(Br)ccc2Cl)n2ncnc2n1. The minimum Gasteiger partial charge on any atom is -0.437 e. The maximum absolute atomic E-state index is 6.14. The van der Waals surface area contributed by atoms with Crippen LogP contribution in [-0.4, -0.2) is 19.6 Å². The number of halogens is 2. The molecule has 7 heteroatoms. The zero-order chi connectivity index (χ0) is 14.1. The van der Waals surface area contributed by atoms with E-state index >= 15 is 0 Å². The van der Waals surface area contributed by atoms with Crippen LogP contribution in [-0.2, 0) is 6.42 Å². The molecule has 0 saturated heterocycles. The summed E-state index contributed by atoms with van der Waals surface area (Å²) in [5.74, 6) is 1.58. The molecule has 1 aromatic carbocycles. The maximum Gasteiger partial charge on any atom is 0.255 e. The minimum atomic E-state index is 0.505. The van der Waals surface area contributed by atoms with Crippen LogP contribution in [0.15, 0.2) is 35.1 Å². The number of fused-ring (bicyclic) bond motifs is 1. The van der Waals surface area contributed by atoms with Gasteiger partial charge < -0.3 is 4.74 Å². The number of hydrogen-bond acceptors (Lipinski definition) is 4. The number of nitrogens with zero attached hydrogens (tertiary/aromatic N) is 4. The Morgan fingerprint density at radius 2 is 2.20 bits per heavy atom. The molecule has 0 aliphatic carbocycles. The zero-order valence-electron chi connectivity index (χ0n) is 10.5. The lowest BCUT2D eigenvalue weighted by molar-refractivity contribution is 0.445. The number of ether oxygens (including phenoxy) is 1. The van der Waals surface area contributed by atoms with Crippen LogP contribution >= 0.6 is 27.5 Å². The first-order chi connectivity index (χ1) is 9.67. The molecule has 102 valence electrons. The Balaban J connectivity index is 2.09. The summed E-state index contributed by atoms with van der Waals surface area (Å²) in [5.41, 5.74) is 0.881. The topological polar surface area (TPSA) is 52.3 Å². The summed E-state index contributed by atoms with van der Waals surface area (Å²) < 4.78 is 8.29. The van der Waals surface area contributed by atoms with Gasteiger partial charge in [0.15, 0.2) is 0 Å². The normalized spacial score (nSPS) is 10.9. The van der Waals surface area contributed by atoms with Gasteiger partial charge >= 0.3 is 0 Å². The molecule has 0 amide bonds. The predicted molar refractivity (Wildman–Crippen MR) is 79.4 cm³/mol. The van der Waals surface area contributed by atoms with E-state index in [-0.39, 0.29) is 0 Å². The highest BCUT2D eigenvalue weighted by molar-refractivity contribution is 9.10. The summed E-state index contributed by atoms with van der Waals surface area (Å²) in [6.07, 6.45) is 2.23. The Morgan fingerprint density at radius 3 is 3.00 bits per heavy atom. The lowest BCUT2D eigenvalue weighted by atomic mass is 10.3. The van der Waals surface area contributed by atoms with Crippen LogP contribution in [0.5, 0.6) is 11.6 Å². The van der Waals surface area contributed by atoms with Crippen LogP contribution in [0.1, 0.15) is 12.6 Å². The monoisotopic (exact) mass is 352 g/mol. The highest BCUT2D eigenvalue weighted by atomic mass is 79.9. The number of benzene rings is 1. The molecule has 0 radical (unpaired) electrons. The molecular weight excluding hydrogens is 344 g/mol. The van der Waals surface area contributed by atoms with Crippen molar-refractivity contribution in [3.63, 3.8) is 0 Å². The molecule has 0 aliphatic heterocycles. The average molecular weight is 354 g/mol. The van der Waals surface area contributed by atoms with Crippen molar-refractivity contribution >= 4 is 33.3 Å². The van der Waals surface area contributed by atoms with Gasteiger partial charge in [-0.25, -0.2) is 4.98 Å². The number of hydrogen-bond donors (Lipinski definition) is 0. The Bertz CT molecular complexity index is 774. The van der Waals surface area contributed by atoms with Gasteiger partial charge in [-0.3, -0.25) is 0 Å². The van der Waals surface area contributed by atoms with E-state index in [1.165, 1.54) is 10.8 Å². The quantitative estimate of drug-likeness (QED) is 0.717. The Labute approximate surface area is 128 Å². The van der Waals surface area contributed by atoms with Gasteiger partial charge in [-0.05, 0) is 24.6 Å². The Morgan fingerprint density at radius 1 is 1.35 bits per heavy atom. The standard InChI is InChI=1S/C13H10BrClN4O/c1-2-9-6-12(19-13(18-9)16-7-17-19)20-11-5-8(14)3-4-10(11)15/h3-7H,2H2,1H3. The van der Waals surface area contributed by atoms with Gasteiger partial charge in [0, 0.05) is 16.2 Å². The fraction of sp³-hybridized carbons (Fsp3) is 0.154. The van der Waals surface area contributed by atoms with Crippen molar-refractivity contribution in [3.8, 4) is 11.6 Å². The van der Waals surface area contributed by atoms with Gasteiger partial charge in [0.05, 0.1) is 5.02 Å². The Kier molecular flexibility index (Phi) is 3.58. The number of rotatable bonds is 3. The summed E-state index contributed by atoms with van der Waals surface area (Å²) in [5, 5.41) is 4.63. The second-order valence-corrected chi connectivity index (χ2v) is 5.41. The molecule has 5 nitrogen and oxygen atoms in total. The minimum absolute atomic E-state index is 0.505. The van der Waals surface area contributed by atoms with E-state index in [0.29, 0.717) is 22.4 Å². The average Bonchev–Trinajstić information content (AvgIpc) is 2.91. The summed E-state index contributed by atoms with van der Waals surface area (Å²) in [4.78, 5) is 8.45. The van der Waals surface area contributed by atoms with E-state index in [0.717, 1.165) is 16.6 Å². The largest absolute Gasteiger partial charge is 0.437 e. The first-order valence-electron chi connectivity index (χ1n) is 6.00. The summed E-state index contributed by atoms with van der Waals surface area (Å²) >= 11 is 9.53. The first kappa shape index (κ1) is 13.3. The molecule has 0 saturated carbocycles. The molecule has 3 aromatic rings. The van der Waals surface area contributed by atoms with Crippen molar-refractivity contribution in [2.45, 2.75) is 13.3 Å². The molecule has 0 aliphatic rings. The van der Waals surface area contributed by atoms with Crippen LogP contribution in [0.25, 0.3) is 5.78 Å². The van der Waals surface area contributed by atoms with Crippen LogP contribution in [0.4, 0.5) is 0 Å². The van der Waals surface area contributed by atoms with E-state index in [4.69, 9.17) is 16.3 Å². The molecule has 0 unspecified atom stereocenters. The lowest BCUT2D eigenvalue weighted by Gasteiger charge is -2.10. The number of aromatic nitrogens is 4. The third kappa shape index (κ3) is 2.48. The fourth-order valence-corrected chi connectivity index (χ4v) is 2.25. The van der Waals surface area contributed by atoms with Gasteiger partial charge in [-0.2, -0.15) is 14.6 Å². The third-order valence-corrected chi connectivity index (χ3v) is 3.55. The second kappa shape index (κ2) is 5.38.